The zero-order valence-corrected chi connectivity index (χ0v) is 11.2. The third-order valence-electron chi connectivity index (χ3n) is 3.38. The van der Waals surface area contributed by atoms with E-state index in [2.05, 4.69) is 34.5 Å². The number of nitrogens with zero attached hydrogens (tertiary/aromatic N) is 1. The highest BCUT2D eigenvalue weighted by atomic mass is 35.5. The first-order chi connectivity index (χ1) is 8.79. The van der Waals surface area contributed by atoms with Gasteiger partial charge in [0.15, 0.2) is 0 Å². The molecule has 0 unspecified atom stereocenters. The van der Waals surface area contributed by atoms with E-state index in [1.165, 1.54) is 12.0 Å². The van der Waals surface area contributed by atoms with Gasteiger partial charge in [0, 0.05) is 19.1 Å². The van der Waals surface area contributed by atoms with Crippen molar-refractivity contribution >= 4 is 17.5 Å². The molecule has 2 rings (SSSR count). The maximum absolute atomic E-state index is 11.2. The first kappa shape index (κ1) is 13.4. The molecule has 1 aromatic carbocycles. The Morgan fingerprint density at radius 1 is 1.39 bits per heavy atom. The standard InChI is InChI=1S/C14H19ClN2O/c15-9-14(18)16-10-13-7-4-8-17(13)11-12-5-2-1-3-6-12/h1-3,5-6,13H,4,7-11H2,(H,16,18)/t13-/m0/s1. The van der Waals surface area contributed by atoms with Crippen LogP contribution >= 0.6 is 11.6 Å². The highest BCUT2D eigenvalue weighted by Gasteiger charge is 2.24. The zero-order chi connectivity index (χ0) is 12.8. The minimum absolute atomic E-state index is 0.0470. The van der Waals surface area contributed by atoms with Gasteiger partial charge in [-0.25, -0.2) is 0 Å². The van der Waals surface area contributed by atoms with Crippen molar-refractivity contribution in [3.8, 4) is 0 Å². The summed E-state index contributed by atoms with van der Waals surface area (Å²) in [5.74, 6) is -0.0333. The maximum atomic E-state index is 11.2. The highest BCUT2D eigenvalue weighted by molar-refractivity contribution is 6.27. The fourth-order valence-corrected chi connectivity index (χ4v) is 2.53. The van der Waals surface area contributed by atoms with E-state index in [0.29, 0.717) is 12.6 Å². The van der Waals surface area contributed by atoms with Gasteiger partial charge in [-0.2, -0.15) is 0 Å². The Kier molecular flexibility index (Phi) is 5.02. The summed E-state index contributed by atoms with van der Waals surface area (Å²) in [4.78, 5) is 13.6. The number of nitrogens with one attached hydrogen (secondary N) is 1. The first-order valence-electron chi connectivity index (χ1n) is 6.40. The van der Waals surface area contributed by atoms with Crippen LogP contribution in [0.25, 0.3) is 0 Å². The van der Waals surface area contributed by atoms with E-state index in [4.69, 9.17) is 11.6 Å². The number of rotatable bonds is 5. The van der Waals surface area contributed by atoms with E-state index < -0.39 is 0 Å². The summed E-state index contributed by atoms with van der Waals surface area (Å²) in [6.45, 7) is 2.77. The third kappa shape index (κ3) is 3.72. The predicted octanol–water partition coefficient (Wildman–Crippen LogP) is 2.01. The molecular formula is C14H19ClN2O. The molecule has 1 aliphatic rings. The second kappa shape index (κ2) is 6.76. The minimum Gasteiger partial charge on any atom is -0.353 e. The van der Waals surface area contributed by atoms with Crippen LogP contribution in [0.3, 0.4) is 0 Å². The van der Waals surface area contributed by atoms with Gasteiger partial charge in [-0.15, -0.1) is 11.6 Å². The van der Waals surface area contributed by atoms with Crippen LogP contribution in [-0.4, -0.2) is 35.8 Å². The number of halogens is 1. The number of likely N-dealkylation sites (tertiary alicyclic amines) is 1. The Morgan fingerprint density at radius 3 is 2.89 bits per heavy atom. The van der Waals surface area contributed by atoms with Gasteiger partial charge in [0.25, 0.3) is 0 Å². The molecule has 0 radical (unpaired) electrons. The van der Waals surface area contributed by atoms with Gasteiger partial charge < -0.3 is 5.32 Å². The summed E-state index contributed by atoms with van der Waals surface area (Å²) in [5.41, 5.74) is 1.33. The first-order valence-corrected chi connectivity index (χ1v) is 6.93. The number of carbonyl (C=O) groups is 1. The van der Waals surface area contributed by atoms with Crippen molar-refractivity contribution in [2.24, 2.45) is 0 Å². The molecule has 0 bridgehead atoms. The van der Waals surface area contributed by atoms with E-state index in [1.807, 2.05) is 6.07 Å². The molecule has 0 aliphatic carbocycles. The second-order valence-electron chi connectivity index (χ2n) is 4.69. The molecule has 0 spiro atoms. The molecule has 4 heteroatoms. The highest BCUT2D eigenvalue weighted by Crippen LogP contribution is 2.19. The van der Waals surface area contributed by atoms with Crippen LogP contribution in [-0.2, 0) is 11.3 Å². The Morgan fingerprint density at radius 2 is 2.17 bits per heavy atom. The molecule has 1 fully saturated rings. The third-order valence-corrected chi connectivity index (χ3v) is 3.63. The zero-order valence-electron chi connectivity index (χ0n) is 10.4. The lowest BCUT2D eigenvalue weighted by molar-refractivity contribution is -0.118. The summed E-state index contributed by atoms with van der Waals surface area (Å²) >= 11 is 5.48. The van der Waals surface area contributed by atoms with Gasteiger partial charge in [-0.1, -0.05) is 30.3 Å². The van der Waals surface area contributed by atoms with Gasteiger partial charge in [-0.3, -0.25) is 9.69 Å². The average Bonchev–Trinajstić information content (AvgIpc) is 2.84. The van der Waals surface area contributed by atoms with E-state index in [9.17, 15) is 4.79 Å². The minimum atomic E-state index is -0.0803. The molecule has 1 amide bonds. The van der Waals surface area contributed by atoms with Crippen LogP contribution < -0.4 is 5.32 Å². The average molecular weight is 267 g/mol. The molecule has 1 aliphatic heterocycles. The lowest BCUT2D eigenvalue weighted by Crippen LogP contribution is -2.40. The molecule has 1 saturated heterocycles. The molecule has 18 heavy (non-hydrogen) atoms. The lowest BCUT2D eigenvalue weighted by Gasteiger charge is -2.24. The molecule has 1 atom stereocenters. The summed E-state index contributed by atoms with van der Waals surface area (Å²) in [6, 6.07) is 10.9. The molecule has 1 heterocycles. The van der Waals surface area contributed by atoms with Crippen LogP contribution in [0.1, 0.15) is 18.4 Å². The molecule has 1 N–H and O–H groups in total. The van der Waals surface area contributed by atoms with Crippen LogP contribution in [0, 0.1) is 0 Å². The molecule has 1 aromatic rings. The van der Waals surface area contributed by atoms with Crippen LogP contribution in [0.4, 0.5) is 0 Å². The summed E-state index contributed by atoms with van der Waals surface area (Å²) in [5, 5.41) is 2.88. The molecule has 0 aromatic heterocycles. The Hall–Kier alpha value is -1.06. The van der Waals surface area contributed by atoms with Crippen molar-refractivity contribution in [1.29, 1.82) is 0 Å². The second-order valence-corrected chi connectivity index (χ2v) is 4.96. The largest absolute Gasteiger partial charge is 0.353 e. The Bertz CT molecular complexity index is 383. The number of hydrogen-bond donors (Lipinski definition) is 1. The van der Waals surface area contributed by atoms with Crippen molar-refractivity contribution in [3.05, 3.63) is 35.9 Å². The fourth-order valence-electron chi connectivity index (χ4n) is 2.43. The molecule has 0 saturated carbocycles. The SMILES string of the molecule is O=C(CCl)NC[C@@H]1CCCN1Cc1ccccc1. The van der Waals surface area contributed by atoms with Gasteiger partial charge >= 0.3 is 0 Å². The molecule has 3 nitrogen and oxygen atoms in total. The Balaban J connectivity index is 1.86. The Labute approximate surface area is 113 Å². The number of alkyl halides is 1. The normalized spacial score (nSPS) is 19.9. The smallest absolute Gasteiger partial charge is 0.234 e. The van der Waals surface area contributed by atoms with Crippen LogP contribution in [0.5, 0.6) is 0 Å². The molecular weight excluding hydrogens is 248 g/mol. The lowest BCUT2D eigenvalue weighted by atomic mass is 10.2. The van der Waals surface area contributed by atoms with Gasteiger partial charge in [0.2, 0.25) is 5.91 Å². The summed E-state index contributed by atoms with van der Waals surface area (Å²) in [6.07, 6.45) is 2.35. The van der Waals surface area contributed by atoms with E-state index in [0.717, 1.165) is 19.5 Å². The van der Waals surface area contributed by atoms with Gasteiger partial charge in [-0.05, 0) is 24.9 Å². The van der Waals surface area contributed by atoms with Crippen molar-refractivity contribution < 1.29 is 4.79 Å². The molecule has 98 valence electrons. The number of benzene rings is 1. The van der Waals surface area contributed by atoms with Crippen molar-refractivity contribution in [2.45, 2.75) is 25.4 Å². The number of carbonyl (C=O) groups excluding carboxylic acids is 1. The quantitative estimate of drug-likeness (QED) is 0.827. The van der Waals surface area contributed by atoms with Crippen molar-refractivity contribution in [1.82, 2.24) is 10.2 Å². The number of amides is 1. The monoisotopic (exact) mass is 266 g/mol. The van der Waals surface area contributed by atoms with Gasteiger partial charge in [0.1, 0.15) is 5.88 Å². The summed E-state index contributed by atoms with van der Waals surface area (Å²) in [7, 11) is 0. The topological polar surface area (TPSA) is 32.3 Å². The van der Waals surface area contributed by atoms with Gasteiger partial charge in [0.05, 0.1) is 0 Å². The predicted molar refractivity (Wildman–Crippen MR) is 73.6 cm³/mol. The van der Waals surface area contributed by atoms with Crippen molar-refractivity contribution in [2.75, 3.05) is 19.0 Å². The maximum Gasteiger partial charge on any atom is 0.234 e. The van der Waals surface area contributed by atoms with Crippen molar-refractivity contribution in [3.63, 3.8) is 0 Å². The van der Waals surface area contributed by atoms with E-state index >= 15 is 0 Å². The van der Waals surface area contributed by atoms with E-state index in [-0.39, 0.29) is 11.8 Å². The summed E-state index contributed by atoms with van der Waals surface area (Å²) < 4.78 is 0. The number of hydrogen-bond acceptors (Lipinski definition) is 2. The fraction of sp³-hybridized carbons (Fsp3) is 0.500. The van der Waals surface area contributed by atoms with E-state index in [1.54, 1.807) is 0 Å². The van der Waals surface area contributed by atoms with Crippen LogP contribution in [0.15, 0.2) is 30.3 Å². The van der Waals surface area contributed by atoms with Crippen LogP contribution in [0.2, 0.25) is 0 Å².